The summed E-state index contributed by atoms with van der Waals surface area (Å²) in [7, 11) is 0. The van der Waals surface area contributed by atoms with Crippen LogP contribution in [0.25, 0.3) is 0 Å². The molecule has 0 aromatic carbocycles. The Morgan fingerprint density at radius 2 is 2.27 bits per heavy atom. The summed E-state index contributed by atoms with van der Waals surface area (Å²) in [6.07, 6.45) is 4.06. The van der Waals surface area contributed by atoms with Crippen molar-refractivity contribution in [1.82, 2.24) is 10.6 Å². The van der Waals surface area contributed by atoms with Gasteiger partial charge < -0.3 is 16.4 Å². The molecule has 1 rings (SSSR count). The number of nitrogens with two attached hydrogens (primary N) is 1. The molecule has 0 aromatic heterocycles. The SMILES string of the molecule is NCCCCCNC(=O)C1CCC(=O)N1. The minimum Gasteiger partial charge on any atom is -0.354 e. The topological polar surface area (TPSA) is 84.2 Å². The minimum atomic E-state index is -0.313. The van der Waals surface area contributed by atoms with Gasteiger partial charge in [-0.1, -0.05) is 6.42 Å². The van der Waals surface area contributed by atoms with Gasteiger partial charge in [0.25, 0.3) is 0 Å². The van der Waals surface area contributed by atoms with Gasteiger partial charge >= 0.3 is 0 Å². The van der Waals surface area contributed by atoms with E-state index in [2.05, 4.69) is 10.6 Å². The van der Waals surface area contributed by atoms with Gasteiger partial charge in [0.05, 0.1) is 0 Å². The molecular weight excluding hydrogens is 194 g/mol. The molecule has 0 spiro atoms. The average Bonchev–Trinajstić information content (AvgIpc) is 2.64. The number of amides is 2. The monoisotopic (exact) mass is 213 g/mol. The first-order valence-electron chi connectivity index (χ1n) is 5.51. The lowest BCUT2D eigenvalue weighted by atomic mass is 10.2. The van der Waals surface area contributed by atoms with Crippen LogP contribution in [0.4, 0.5) is 0 Å². The fourth-order valence-electron chi connectivity index (χ4n) is 1.59. The smallest absolute Gasteiger partial charge is 0.242 e. The molecule has 1 heterocycles. The first-order chi connectivity index (χ1) is 7.24. The summed E-state index contributed by atoms with van der Waals surface area (Å²) < 4.78 is 0. The van der Waals surface area contributed by atoms with E-state index in [1.165, 1.54) is 0 Å². The third-order valence-electron chi connectivity index (χ3n) is 2.49. The van der Waals surface area contributed by atoms with Gasteiger partial charge in [-0.3, -0.25) is 9.59 Å². The zero-order valence-corrected chi connectivity index (χ0v) is 8.92. The third kappa shape index (κ3) is 4.29. The molecule has 0 aliphatic carbocycles. The first-order valence-corrected chi connectivity index (χ1v) is 5.51. The maximum Gasteiger partial charge on any atom is 0.242 e. The summed E-state index contributed by atoms with van der Waals surface area (Å²) in [5, 5.41) is 5.44. The fourth-order valence-corrected chi connectivity index (χ4v) is 1.59. The lowest BCUT2D eigenvalue weighted by molar-refractivity contribution is -0.125. The molecule has 4 N–H and O–H groups in total. The van der Waals surface area contributed by atoms with Crippen LogP contribution in [0, 0.1) is 0 Å². The van der Waals surface area contributed by atoms with Crippen LogP contribution in [0.15, 0.2) is 0 Å². The van der Waals surface area contributed by atoms with Crippen molar-refractivity contribution in [2.75, 3.05) is 13.1 Å². The van der Waals surface area contributed by atoms with E-state index < -0.39 is 0 Å². The third-order valence-corrected chi connectivity index (χ3v) is 2.49. The zero-order valence-electron chi connectivity index (χ0n) is 8.92. The molecule has 0 saturated carbocycles. The highest BCUT2D eigenvalue weighted by atomic mass is 16.2. The second kappa shape index (κ2) is 6.40. The summed E-state index contributed by atoms with van der Waals surface area (Å²) in [6.45, 7) is 1.37. The number of nitrogens with one attached hydrogen (secondary N) is 2. The fraction of sp³-hybridized carbons (Fsp3) is 0.800. The molecule has 5 nitrogen and oxygen atoms in total. The second-order valence-corrected chi connectivity index (χ2v) is 3.80. The highest BCUT2D eigenvalue weighted by Crippen LogP contribution is 2.06. The Morgan fingerprint density at radius 1 is 1.47 bits per heavy atom. The molecule has 0 radical (unpaired) electrons. The van der Waals surface area contributed by atoms with Crippen LogP contribution in [0.3, 0.4) is 0 Å². The Labute approximate surface area is 89.8 Å². The maximum absolute atomic E-state index is 11.5. The number of carbonyl (C=O) groups excluding carboxylic acids is 2. The second-order valence-electron chi connectivity index (χ2n) is 3.80. The van der Waals surface area contributed by atoms with Gasteiger partial charge in [0.2, 0.25) is 11.8 Å². The predicted octanol–water partition coefficient (Wildman–Crippen LogP) is -0.490. The van der Waals surface area contributed by atoms with E-state index in [1.807, 2.05) is 0 Å². The van der Waals surface area contributed by atoms with Gasteiger partial charge in [-0.2, -0.15) is 0 Å². The predicted molar refractivity (Wildman–Crippen MR) is 57.1 cm³/mol. The lowest BCUT2D eigenvalue weighted by Gasteiger charge is -2.10. The first kappa shape index (κ1) is 12.0. The summed E-state index contributed by atoms with van der Waals surface area (Å²) >= 11 is 0. The van der Waals surface area contributed by atoms with E-state index in [0.717, 1.165) is 19.3 Å². The molecule has 1 aliphatic heterocycles. The highest BCUT2D eigenvalue weighted by molar-refractivity contribution is 5.90. The van der Waals surface area contributed by atoms with Crippen molar-refractivity contribution in [2.24, 2.45) is 5.73 Å². The van der Waals surface area contributed by atoms with Crippen molar-refractivity contribution in [1.29, 1.82) is 0 Å². The minimum absolute atomic E-state index is 0.0294. The van der Waals surface area contributed by atoms with Crippen molar-refractivity contribution in [3.8, 4) is 0 Å². The van der Waals surface area contributed by atoms with Crippen molar-refractivity contribution < 1.29 is 9.59 Å². The quantitative estimate of drug-likeness (QED) is 0.520. The molecular formula is C10H19N3O2. The summed E-state index contributed by atoms with van der Waals surface area (Å²) in [6, 6.07) is -0.313. The van der Waals surface area contributed by atoms with Crippen LogP contribution in [0.5, 0.6) is 0 Å². The number of hydrogen-bond acceptors (Lipinski definition) is 3. The van der Waals surface area contributed by atoms with Gasteiger partial charge in [0, 0.05) is 13.0 Å². The Morgan fingerprint density at radius 3 is 2.87 bits per heavy atom. The zero-order chi connectivity index (χ0) is 11.1. The maximum atomic E-state index is 11.5. The molecule has 1 saturated heterocycles. The van der Waals surface area contributed by atoms with Crippen molar-refractivity contribution >= 4 is 11.8 Å². The highest BCUT2D eigenvalue weighted by Gasteiger charge is 2.26. The van der Waals surface area contributed by atoms with Gasteiger partial charge in [-0.15, -0.1) is 0 Å². The van der Waals surface area contributed by atoms with E-state index in [4.69, 9.17) is 5.73 Å². The molecule has 15 heavy (non-hydrogen) atoms. The molecule has 86 valence electrons. The van der Waals surface area contributed by atoms with Gasteiger partial charge in [0.1, 0.15) is 6.04 Å². The van der Waals surface area contributed by atoms with Crippen molar-refractivity contribution in [3.63, 3.8) is 0 Å². The number of unbranched alkanes of at least 4 members (excludes halogenated alkanes) is 2. The van der Waals surface area contributed by atoms with E-state index in [9.17, 15) is 9.59 Å². The van der Waals surface area contributed by atoms with Gasteiger partial charge in [-0.05, 0) is 25.8 Å². The lowest BCUT2D eigenvalue weighted by Crippen LogP contribution is -2.41. The molecule has 2 amide bonds. The Kier molecular flexibility index (Phi) is 5.10. The molecule has 5 heteroatoms. The largest absolute Gasteiger partial charge is 0.354 e. The standard InChI is InChI=1S/C10H19N3O2/c11-6-2-1-3-7-12-10(15)8-4-5-9(14)13-8/h8H,1-7,11H2,(H,12,15)(H,13,14). The Balaban J connectivity index is 2.06. The van der Waals surface area contributed by atoms with Crippen LogP contribution in [-0.4, -0.2) is 30.9 Å². The number of hydrogen-bond donors (Lipinski definition) is 3. The van der Waals surface area contributed by atoms with Crippen LogP contribution in [0.1, 0.15) is 32.1 Å². The molecule has 0 aromatic rings. The normalized spacial score (nSPS) is 20.1. The molecule has 1 atom stereocenters. The molecule has 1 aliphatic rings. The average molecular weight is 213 g/mol. The van der Waals surface area contributed by atoms with Crippen LogP contribution in [0.2, 0.25) is 0 Å². The summed E-state index contributed by atoms with van der Waals surface area (Å²) in [5.41, 5.74) is 5.35. The van der Waals surface area contributed by atoms with Gasteiger partial charge in [0.15, 0.2) is 0 Å². The van der Waals surface area contributed by atoms with Crippen molar-refractivity contribution in [3.05, 3.63) is 0 Å². The number of rotatable bonds is 6. The summed E-state index contributed by atoms with van der Waals surface area (Å²) in [4.78, 5) is 22.3. The molecule has 1 unspecified atom stereocenters. The summed E-state index contributed by atoms with van der Waals surface area (Å²) in [5.74, 6) is -0.0909. The van der Waals surface area contributed by atoms with E-state index >= 15 is 0 Å². The van der Waals surface area contributed by atoms with Crippen LogP contribution in [-0.2, 0) is 9.59 Å². The Hall–Kier alpha value is -1.10. The van der Waals surface area contributed by atoms with E-state index in [-0.39, 0.29) is 17.9 Å². The molecule has 1 fully saturated rings. The van der Waals surface area contributed by atoms with E-state index in [0.29, 0.717) is 25.9 Å². The van der Waals surface area contributed by atoms with Crippen LogP contribution >= 0.6 is 0 Å². The van der Waals surface area contributed by atoms with Gasteiger partial charge in [-0.25, -0.2) is 0 Å². The Bertz CT molecular complexity index is 231. The molecule has 0 bridgehead atoms. The van der Waals surface area contributed by atoms with Crippen LogP contribution < -0.4 is 16.4 Å². The van der Waals surface area contributed by atoms with Crippen molar-refractivity contribution in [2.45, 2.75) is 38.1 Å². The van der Waals surface area contributed by atoms with E-state index in [1.54, 1.807) is 0 Å². The number of carbonyl (C=O) groups is 2.